The van der Waals surface area contributed by atoms with Crippen molar-refractivity contribution in [3.8, 4) is 0 Å². The van der Waals surface area contributed by atoms with E-state index in [2.05, 4.69) is 0 Å². The number of hydrogen-bond acceptors (Lipinski definition) is 0. The van der Waals surface area contributed by atoms with Gasteiger partial charge in [-0.2, -0.15) is 0 Å². The quantitative estimate of drug-likeness (QED) is 0.240. The molecule has 0 nitrogen and oxygen atoms in total. The van der Waals surface area contributed by atoms with Crippen molar-refractivity contribution in [1.29, 1.82) is 0 Å². The van der Waals surface area contributed by atoms with Crippen LogP contribution in [0.5, 0.6) is 0 Å². The van der Waals surface area contributed by atoms with Gasteiger partial charge in [-0.15, -0.1) is 95.9 Å². The van der Waals surface area contributed by atoms with Crippen LogP contribution in [0.3, 0.4) is 0 Å². The molecule has 0 bridgehead atoms. The summed E-state index contributed by atoms with van der Waals surface area (Å²) in [6.07, 6.45) is 0. The van der Waals surface area contributed by atoms with Crippen molar-refractivity contribution in [3.05, 3.63) is 0 Å². The third-order valence-electron chi connectivity index (χ3n) is 0. The van der Waals surface area contributed by atoms with Crippen molar-refractivity contribution >= 4 is 148 Å². The molecule has 0 saturated heterocycles. The fraction of sp³-hybridized carbons (Fsp3) is 0. The van der Waals surface area contributed by atoms with E-state index in [1.807, 2.05) is 0 Å². The summed E-state index contributed by atoms with van der Waals surface area (Å²) in [6, 6.07) is 0. The van der Waals surface area contributed by atoms with Gasteiger partial charge in [0.05, 0.1) is 0 Å². The van der Waals surface area contributed by atoms with Crippen molar-refractivity contribution in [2.24, 2.45) is 0 Å². The minimum atomic E-state index is 0. The van der Waals surface area contributed by atoms with Gasteiger partial charge >= 0.3 is 52.4 Å². The van der Waals surface area contributed by atoms with E-state index in [4.69, 9.17) is 0 Å². The van der Waals surface area contributed by atoms with Gasteiger partial charge in [-0.25, -0.2) is 0 Å². The van der Waals surface area contributed by atoms with Crippen LogP contribution >= 0.6 is 95.9 Å². The maximum absolute atomic E-state index is 0. The Morgan fingerprint density at radius 2 is 0.333 bits per heavy atom. The Hall–Kier alpha value is 4.69. The van der Waals surface area contributed by atoms with Gasteiger partial charge in [0, 0.05) is 0 Å². The van der Waals surface area contributed by atoms with Crippen LogP contribution in [0.1, 0.15) is 0 Å². The predicted octanol–water partition coefficient (Wildman–Crippen LogP) is 0.104. The van der Waals surface area contributed by atoms with Crippen LogP contribution in [0.2, 0.25) is 0 Å². The monoisotopic (exact) mass is 936 g/mol. The summed E-state index contributed by atoms with van der Waals surface area (Å²) >= 11 is 0. The molecule has 0 aromatic carbocycles. The Labute approximate surface area is 144 Å². The van der Waals surface area contributed by atoms with E-state index < -0.39 is 0 Å². The second-order valence-corrected chi connectivity index (χ2v) is 0. The van der Waals surface area contributed by atoms with Crippen molar-refractivity contribution in [2.75, 3.05) is 0 Å². The summed E-state index contributed by atoms with van der Waals surface area (Å²) in [7, 11) is 0. The molecule has 0 aliphatic heterocycles. The van der Waals surface area contributed by atoms with Gasteiger partial charge in [0.25, 0.3) is 0 Å². The Balaban J connectivity index is 0. The molecule has 0 heterocycles. The molecule has 0 spiro atoms. The van der Waals surface area contributed by atoms with Gasteiger partial charge in [-0.1, -0.05) is 0 Å². The SMILES string of the molecule is I.I.I.I.[BiH3].[BiH3]. The minimum absolute atomic E-state index is 0. The first-order valence-electron chi connectivity index (χ1n) is 0. The molecule has 0 fully saturated rings. The van der Waals surface area contributed by atoms with Gasteiger partial charge in [0.1, 0.15) is 0 Å². The normalized spacial score (nSPS) is 0. The van der Waals surface area contributed by atoms with Crippen LogP contribution in [-0.2, 0) is 0 Å². The molecule has 0 aromatic rings. The van der Waals surface area contributed by atoms with E-state index in [0.717, 1.165) is 0 Å². The number of rotatable bonds is 0. The molecular weight excluding hydrogens is 926 g/mol. The molecule has 48 valence electrons. The van der Waals surface area contributed by atoms with E-state index in [9.17, 15) is 0 Å². The van der Waals surface area contributed by atoms with E-state index in [1.165, 1.54) is 0 Å². The Morgan fingerprint density at radius 1 is 0.333 bits per heavy atom. The zero-order valence-electron chi connectivity index (χ0n) is 3.05. The first-order valence-corrected chi connectivity index (χ1v) is 0. The molecule has 0 aliphatic carbocycles. The zero-order chi connectivity index (χ0) is 0. The molecule has 0 radical (unpaired) electrons. The first-order chi connectivity index (χ1) is 0. The summed E-state index contributed by atoms with van der Waals surface area (Å²) in [5.74, 6) is 0. The van der Waals surface area contributed by atoms with Crippen LogP contribution in [0, 0.1) is 0 Å². The van der Waals surface area contributed by atoms with Gasteiger partial charge in [-0.3, -0.25) is 0 Å². The van der Waals surface area contributed by atoms with Crippen molar-refractivity contribution in [2.45, 2.75) is 0 Å². The fourth-order valence-corrected chi connectivity index (χ4v) is 0. The second-order valence-electron chi connectivity index (χ2n) is 0. The van der Waals surface area contributed by atoms with Crippen LogP contribution in [0.15, 0.2) is 0 Å². The van der Waals surface area contributed by atoms with Crippen LogP contribution in [-0.4, -0.2) is 52.4 Å². The summed E-state index contributed by atoms with van der Waals surface area (Å²) in [6.45, 7) is 0. The zero-order valence-corrected chi connectivity index (χ0v) is 23.4. The molecule has 0 N–H and O–H groups in total. The molecule has 0 amide bonds. The number of hydrogen-bond donors (Lipinski definition) is 0. The number of halogens is 4. The topological polar surface area (TPSA) is 0 Å². The molecule has 0 atom stereocenters. The Morgan fingerprint density at radius 3 is 0.333 bits per heavy atom. The maximum atomic E-state index is 0. The third kappa shape index (κ3) is 23.4. The first kappa shape index (κ1) is 45.7. The van der Waals surface area contributed by atoms with E-state index >= 15 is 0 Å². The molecular formula is H10Bi2I4. The summed E-state index contributed by atoms with van der Waals surface area (Å²) < 4.78 is 0. The molecule has 6 heavy (non-hydrogen) atoms. The van der Waals surface area contributed by atoms with Crippen LogP contribution < -0.4 is 0 Å². The van der Waals surface area contributed by atoms with Crippen LogP contribution in [0.25, 0.3) is 0 Å². The Bertz CT molecular complexity index is 5.51. The van der Waals surface area contributed by atoms with E-state index in [-0.39, 0.29) is 148 Å². The van der Waals surface area contributed by atoms with Gasteiger partial charge in [0.15, 0.2) is 0 Å². The average molecular weight is 936 g/mol. The Kier molecular flexibility index (Phi) is 253. The fourth-order valence-electron chi connectivity index (χ4n) is 0. The molecule has 0 aromatic heterocycles. The van der Waals surface area contributed by atoms with E-state index in [0.29, 0.717) is 0 Å². The van der Waals surface area contributed by atoms with Crippen LogP contribution in [0.4, 0.5) is 0 Å². The van der Waals surface area contributed by atoms with Gasteiger partial charge in [0.2, 0.25) is 0 Å². The summed E-state index contributed by atoms with van der Waals surface area (Å²) in [4.78, 5) is 0. The molecule has 0 saturated carbocycles. The molecule has 0 rings (SSSR count). The standard InChI is InChI=1S/2Bi.4HI.6H/h;;4*1H;;;;;;. The average Bonchev–Trinajstić information content (AvgIpc) is 0. The summed E-state index contributed by atoms with van der Waals surface area (Å²) in [5, 5.41) is 0. The van der Waals surface area contributed by atoms with Gasteiger partial charge in [-0.05, 0) is 0 Å². The second kappa shape index (κ2) is 33.3. The predicted molar refractivity (Wildman–Crippen MR) is 81.5 cm³/mol. The summed E-state index contributed by atoms with van der Waals surface area (Å²) in [5.41, 5.74) is 0. The molecule has 6 heteroatoms. The molecule has 0 aliphatic rings. The van der Waals surface area contributed by atoms with Gasteiger partial charge < -0.3 is 0 Å². The van der Waals surface area contributed by atoms with Crippen molar-refractivity contribution in [3.63, 3.8) is 0 Å². The third-order valence-corrected chi connectivity index (χ3v) is 0. The molecule has 0 unspecified atom stereocenters. The van der Waals surface area contributed by atoms with Crippen molar-refractivity contribution < 1.29 is 0 Å². The van der Waals surface area contributed by atoms with Crippen molar-refractivity contribution in [1.82, 2.24) is 0 Å². The van der Waals surface area contributed by atoms with E-state index in [1.54, 1.807) is 0 Å².